The second-order valence-corrected chi connectivity index (χ2v) is 6.49. The first kappa shape index (κ1) is 15.9. The fourth-order valence-corrected chi connectivity index (χ4v) is 3.00. The Hall–Kier alpha value is -1.49. The standard InChI is InChI=1S/C16H20F2O3/c1-15(2)9-12(16(3,4)21-15)13(19)10-6-5-7-11(8-10)20-14(17)18/h5-8,12,14H,9H2,1-4H3. The number of Topliss-reactive ketones (excluding diaryl/α,β-unsaturated/α-hetero) is 1. The molecule has 3 nitrogen and oxygen atoms in total. The largest absolute Gasteiger partial charge is 0.435 e. The van der Waals surface area contributed by atoms with Crippen molar-refractivity contribution >= 4 is 5.78 Å². The molecule has 1 atom stereocenters. The van der Waals surface area contributed by atoms with Crippen molar-refractivity contribution < 1.29 is 23.0 Å². The predicted molar refractivity (Wildman–Crippen MR) is 74.8 cm³/mol. The van der Waals surface area contributed by atoms with Crippen molar-refractivity contribution in [2.24, 2.45) is 5.92 Å². The Morgan fingerprint density at radius 1 is 1.33 bits per heavy atom. The summed E-state index contributed by atoms with van der Waals surface area (Å²) in [6.45, 7) is 4.74. The SMILES string of the molecule is CC1(C)CC(C(=O)c2cccc(OC(F)F)c2)C(C)(C)O1. The Morgan fingerprint density at radius 2 is 2.00 bits per heavy atom. The van der Waals surface area contributed by atoms with Gasteiger partial charge in [0, 0.05) is 5.56 Å². The molecule has 0 amide bonds. The molecule has 0 aliphatic carbocycles. The molecular weight excluding hydrogens is 278 g/mol. The van der Waals surface area contributed by atoms with Gasteiger partial charge in [0.1, 0.15) is 5.75 Å². The number of alkyl halides is 2. The van der Waals surface area contributed by atoms with Gasteiger partial charge in [-0.25, -0.2) is 0 Å². The fraction of sp³-hybridized carbons (Fsp3) is 0.562. The molecule has 1 saturated heterocycles. The minimum Gasteiger partial charge on any atom is -0.435 e. The number of halogens is 2. The van der Waals surface area contributed by atoms with Crippen LogP contribution in [0.2, 0.25) is 0 Å². The van der Waals surface area contributed by atoms with Crippen LogP contribution in [0.4, 0.5) is 8.78 Å². The van der Waals surface area contributed by atoms with Gasteiger partial charge in [-0.05, 0) is 46.2 Å². The summed E-state index contributed by atoms with van der Waals surface area (Å²) in [5.41, 5.74) is -0.589. The minimum atomic E-state index is -2.90. The molecule has 0 saturated carbocycles. The third-order valence-electron chi connectivity index (χ3n) is 3.73. The number of benzene rings is 1. The summed E-state index contributed by atoms with van der Waals surface area (Å²) >= 11 is 0. The number of ketones is 1. The third-order valence-corrected chi connectivity index (χ3v) is 3.73. The van der Waals surface area contributed by atoms with Crippen LogP contribution in [0.15, 0.2) is 24.3 Å². The van der Waals surface area contributed by atoms with Crippen LogP contribution in [0.3, 0.4) is 0 Å². The predicted octanol–water partition coefficient (Wildman–Crippen LogP) is 4.06. The molecule has 0 aromatic heterocycles. The minimum absolute atomic E-state index is 0.00756. The molecule has 116 valence electrons. The fourth-order valence-electron chi connectivity index (χ4n) is 3.00. The van der Waals surface area contributed by atoms with Crippen molar-refractivity contribution in [3.05, 3.63) is 29.8 Å². The second-order valence-electron chi connectivity index (χ2n) is 6.49. The number of carbonyl (C=O) groups excluding carboxylic acids is 1. The Labute approximate surface area is 123 Å². The molecule has 0 bridgehead atoms. The lowest BCUT2D eigenvalue weighted by molar-refractivity contribution is -0.0713. The van der Waals surface area contributed by atoms with Gasteiger partial charge in [-0.3, -0.25) is 4.79 Å². The second kappa shape index (κ2) is 5.37. The monoisotopic (exact) mass is 298 g/mol. The molecule has 5 heteroatoms. The molecule has 1 unspecified atom stereocenters. The van der Waals surface area contributed by atoms with Gasteiger partial charge in [-0.1, -0.05) is 12.1 Å². The zero-order chi connectivity index (χ0) is 15.8. The van der Waals surface area contributed by atoms with E-state index in [4.69, 9.17) is 4.74 Å². The number of hydrogen-bond acceptors (Lipinski definition) is 3. The quantitative estimate of drug-likeness (QED) is 0.786. The summed E-state index contributed by atoms with van der Waals surface area (Å²) in [7, 11) is 0. The first-order valence-electron chi connectivity index (χ1n) is 6.90. The highest BCUT2D eigenvalue weighted by molar-refractivity contribution is 5.99. The maximum Gasteiger partial charge on any atom is 0.387 e. The van der Waals surface area contributed by atoms with E-state index in [1.54, 1.807) is 12.1 Å². The molecule has 0 spiro atoms. The van der Waals surface area contributed by atoms with E-state index in [0.717, 1.165) is 0 Å². The molecule has 0 N–H and O–H groups in total. The number of hydrogen-bond donors (Lipinski definition) is 0. The Balaban J connectivity index is 2.24. The lowest BCUT2D eigenvalue weighted by Crippen LogP contribution is -2.33. The summed E-state index contributed by atoms with van der Waals surface area (Å²) in [5, 5.41) is 0. The van der Waals surface area contributed by atoms with Crippen LogP contribution in [0.25, 0.3) is 0 Å². The molecule has 1 heterocycles. The zero-order valence-electron chi connectivity index (χ0n) is 12.7. The molecule has 21 heavy (non-hydrogen) atoms. The number of rotatable bonds is 4. The Bertz CT molecular complexity index is 538. The first-order valence-corrected chi connectivity index (χ1v) is 6.90. The molecular formula is C16H20F2O3. The van der Waals surface area contributed by atoms with Gasteiger partial charge in [0.25, 0.3) is 0 Å². The van der Waals surface area contributed by atoms with E-state index >= 15 is 0 Å². The van der Waals surface area contributed by atoms with E-state index in [0.29, 0.717) is 12.0 Å². The van der Waals surface area contributed by atoms with Gasteiger partial charge in [0.15, 0.2) is 5.78 Å². The molecule has 1 fully saturated rings. The highest BCUT2D eigenvalue weighted by atomic mass is 19.3. The van der Waals surface area contributed by atoms with E-state index in [1.807, 2.05) is 27.7 Å². The van der Waals surface area contributed by atoms with Gasteiger partial charge < -0.3 is 9.47 Å². The van der Waals surface area contributed by atoms with Gasteiger partial charge >= 0.3 is 6.61 Å². The topological polar surface area (TPSA) is 35.5 Å². The number of carbonyl (C=O) groups is 1. The molecule has 0 radical (unpaired) electrons. The van der Waals surface area contributed by atoms with E-state index in [-0.39, 0.29) is 23.1 Å². The van der Waals surface area contributed by atoms with Gasteiger partial charge in [0.05, 0.1) is 17.1 Å². The van der Waals surface area contributed by atoms with Gasteiger partial charge in [0.2, 0.25) is 0 Å². The first-order chi connectivity index (χ1) is 9.61. The maximum atomic E-state index is 12.7. The molecule has 1 aromatic rings. The van der Waals surface area contributed by atoms with Crippen molar-refractivity contribution in [1.82, 2.24) is 0 Å². The van der Waals surface area contributed by atoms with Crippen LogP contribution in [-0.2, 0) is 4.74 Å². The van der Waals surface area contributed by atoms with Crippen molar-refractivity contribution in [2.45, 2.75) is 51.9 Å². The summed E-state index contributed by atoms with van der Waals surface area (Å²) in [6.07, 6.45) is 0.596. The Morgan fingerprint density at radius 3 is 2.52 bits per heavy atom. The van der Waals surface area contributed by atoms with E-state index in [2.05, 4.69) is 4.74 Å². The third kappa shape index (κ3) is 3.59. The van der Waals surface area contributed by atoms with Crippen molar-refractivity contribution in [2.75, 3.05) is 0 Å². The molecule has 2 rings (SSSR count). The van der Waals surface area contributed by atoms with Crippen LogP contribution in [-0.4, -0.2) is 23.6 Å². The van der Waals surface area contributed by atoms with Crippen LogP contribution < -0.4 is 4.74 Å². The average Bonchev–Trinajstić information content (AvgIpc) is 2.56. The van der Waals surface area contributed by atoms with Crippen molar-refractivity contribution in [3.8, 4) is 5.75 Å². The van der Waals surface area contributed by atoms with Gasteiger partial charge in [-0.15, -0.1) is 0 Å². The van der Waals surface area contributed by atoms with Crippen molar-refractivity contribution in [3.63, 3.8) is 0 Å². The Kier molecular flexibility index (Phi) is 4.06. The average molecular weight is 298 g/mol. The molecule has 1 aliphatic heterocycles. The van der Waals surface area contributed by atoms with Crippen LogP contribution in [0, 0.1) is 5.92 Å². The summed E-state index contributed by atoms with van der Waals surface area (Å²) < 4.78 is 34.8. The smallest absolute Gasteiger partial charge is 0.387 e. The maximum absolute atomic E-state index is 12.7. The summed E-state index contributed by atoms with van der Waals surface area (Å²) in [4.78, 5) is 12.7. The van der Waals surface area contributed by atoms with Gasteiger partial charge in [-0.2, -0.15) is 8.78 Å². The summed E-state index contributed by atoms with van der Waals surface area (Å²) in [6, 6.07) is 5.92. The lowest BCUT2D eigenvalue weighted by Gasteiger charge is -2.26. The van der Waals surface area contributed by atoms with Crippen LogP contribution >= 0.6 is 0 Å². The lowest BCUT2D eigenvalue weighted by atomic mass is 9.81. The highest BCUT2D eigenvalue weighted by Crippen LogP contribution is 2.43. The van der Waals surface area contributed by atoms with E-state index < -0.39 is 12.2 Å². The normalized spacial score (nSPS) is 23.3. The molecule has 1 aliphatic rings. The summed E-state index contributed by atoms with van der Waals surface area (Å²) in [5.74, 6) is -0.425. The number of ether oxygens (including phenoxy) is 2. The van der Waals surface area contributed by atoms with Crippen LogP contribution in [0.1, 0.15) is 44.5 Å². The molecule has 1 aromatic carbocycles. The zero-order valence-corrected chi connectivity index (χ0v) is 12.7. The van der Waals surface area contributed by atoms with Crippen molar-refractivity contribution in [1.29, 1.82) is 0 Å². The highest BCUT2D eigenvalue weighted by Gasteiger charge is 2.49. The van der Waals surface area contributed by atoms with E-state index in [1.165, 1.54) is 12.1 Å². The van der Waals surface area contributed by atoms with Crippen LogP contribution in [0.5, 0.6) is 5.75 Å². The van der Waals surface area contributed by atoms with E-state index in [9.17, 15) is 13.6 Å².